The molecule has 0 aliphatic carbocycles. The van der Waals surface area contributed by atoms with Crippen LogP contribution >= 0.6 is 0 Å². The molecule has 26 heavy (non-hydrogen) atoms. The second-order valence-electron chi connectivity index (χ2n) is 6.78. The van der Waals surface area contributed by atoms with E-state index in [9.17, 15) is 4.79 Å². The van der Waals surface area contributed by atoms with Crippen molar-refractivity contribution in [2.24, 2.45) is 0 Å². The lowest BCUT2D eigenvalue weighted by molar-refractivity contribution is 0.126. The molecule has 0 saturated carbocycles. The third-order valence-corrected chi connectivity index (χ3v) is 4.82. The number of aromatic nitrogens is 4. The summed E-state index contributed by atoms with van der Waals surface area (Å²) < 4.78 is 1.41. The summed E-state index contributed by atoms with van der Waals surface area (Å²) in [6, 6.07) is 11.4. The van der Waals surface area contributed by atoms with Crippen molar-refractivity contribution >= 4 is 5.78 Å². The second-order valence-corrected chi connectivity index (χ2v) is 6.78. The predicted molar refractivity (Wildman–Crippen MR) is 101 cm³/mol. The van der Waals surface area contributed by atoms with Crippen LogP contribution in [0.15, 0.2) is 41.2 Å². The zero-order valence-electron chi connectivity index (χ0n) is 15.1. The van der Waals surface area contributed by atoms with Gasteiger partial charge in [0.1, 0.15) is 0 Å². The van der Waals surface area contributed by atoms with Crippen molar-refractivity contribution in [3.05, 3.63) is 52.4 Å². The molecule has 1 N–H and O–H groups in total. The summed E-state index contributed by atoms with van der Waals surface area (Å²) in [4.78, 5) is 26.4. The van der Waals surface area contributed by atoms with Crippen LogP contribution in [0, 0.1) is 0 Å². The van der Waals surface area contributed by atoms with Crippen LogP contribution in [0.25, 0.3) is 17.2 Å². The van der Waals surface area contributed by atoms with Gasteiger partial charge in [0.15, 0.2) is 5.82 Å². The van der Waals surface area contributed by atoms with Gasteiger partial charge in [-0.05, 0) is 13.0 Å². The van der Waals surface area contributed by atoms with E-state index in [1.54, 1.807) is 6.07 Å². The van der Waals surface area contributed by atoms with Gasteiger partial charge < -0.3 is 4.90 Å². The largest absolute Gasteiger partial charge is 0.301 e. The monoisotopic (exact) mass is 352 g/mol. The highest BCUT2D eigenvalue weighted by Gasteiger charge is 2.17. The van der Waals surface area contributed by atoms with Gasteiger partial charge in [-0.15, -0.1) is 0 Å². The van der Waals surface area contributed by atoms with Crippen LogP contribution in [-0.2, 0) is 6.54 Å². The normalized spacial score (nSPS) is 16.3. The minimum atomic E-state index is -0.121. The number of nitrogens with zero attached hydrogens (tertiary/aromatic N) is 5. The maximum absolute atomic E-state index is 12.4. The number of fused-ring (bicyclic) bond motifs is 1. The molecule has 1 aromatic carbocycles. The van der Waals surface area contributed by atoms with Gasteiger partial charge in [0, 0.05) is 44.4 Å². The van der Waals surface area contributed by atoms with Gasteiger partial charge in [-0.2, -0.15) is 9.50 Å². The van der Waals surface area contributed by atoms with Crippen LogP contribution in [0.2, 0.25) is 0 Å². The highest BCUT2D eigenvalue weighted by Crippen LogP contribution is 2.14. The molecule has 0 amide bonds. The molecular formula is C19H24N6O. The maximum atomic E-state index is 12.4. The molecule has 0 spiro atoms. The fraction of sp³-hybridized carbons (Fsp3) is 0.421. The molecule has 0 atom stereocenters. The highest BCUT2D eigenvalue weighted by molar-refractivity contribution is 5.56. The Bertz CT molecular complexity index is 924. The van der Waals surface area contributed by atoms with Gasteiger partial charge >= 0.3 is 0 Å². The number of nitrogens with one attached hydrogen (secondary N) is 1. The van der Waals surface area contributed by atoms with E-state index in [0.717, 1.165) is 44.0 Å². The average molecular weight is 352 g/mol. The Morgan fingerprint density at radius 3 is 2.50 bits per heavy atom. The Labute approximate surface area is 152 Å². The molecule has 0 bridgehead atoms. The van der Waals surface area contributed by atoms with E-state index in [-0.39, 0.29) is 5.56 Å². The standard InChI is InChI=1S/C19H24N6O/c1-2-8-23-9-11-24(12-10-23)14-16-13-17(26)25-19(20-16)21-18(22-25)15-6-4-3-5-7-15/h3-7,13H,2,8-12,14H2,1H3,(H,20,21,22). The van der Waals surface area contributed by atoms with Gasteiger partial charge in [0.25, 0.3) is 11.3 Å². The molecule has 136 valence electrons. The summed E-state index contributed by atoms with van der Waals surface area (Å²) in [7, 11) is 0. The van der Waals surface area contributed by atoms with Crippen LogP contribution < -0.4 is 5.56 Å². The van der Waals surface area contributed by atoms with Crippen molar-refractivity contribution in [3.63, 3.8) is 0 Å². The molecule has 0 radical (unpaired) electrons. The number of hydrogen-bond donors (Lipinski definition) is 1. The minimum Gasteiger partial charge on any atom is -0.301 e. The molecule has 7 heteroatoms. The average Bonchev–Trinajstić information content (AvgIpc) is 3.09. The molecule has 4 rings (SSSR count). The van der Waals surface area contributed by atoms with Crippen molar-refractivity contribution in [2.45, 2.75) is 19.9 Å². The fourth-order valence-corrected chi connectivity index (χ4v) is 3.45. The van der Waals surface area contributed by atoms with Crippen molar-refractivity contribution < 1.29 is 0 Å². The van der Waals surface area contributed by atoms with E-state index in [1.165, 1.54) is 10.9 Å². The van der Waals surface area contributed by atoms with Crippen molar-refractivity contribution in [3.8, 4) is 11.4 Å². The van der Waals surface area contributed by atoms with Crippen LogP contribution in [0.1, 0.15) is 19.0 Å². The van der Waals surface area contributed by atoms with Gasteiger partial charge in [-0.25, -0.2) is 4.98 Å². The lowest BCUT2D eigenvalue weighted by Gasteiger charge is -2.34. The Hall–Kier alpha value is -2.51. The minimum absolute atomic E-state index is 0.121. The van der Waals surface area contributed by atoms with Gasteiger partial charge in [-0.3, -0.25) is 14.8 Å². The predicted octanol–water partition coefficient (Wildman–Crippen LogP) is 1.61. The molecule has 1 aliphatic heterocycles. The van der Waals surface area contributed by atoms with Gasteiger partial charge in [0.05, 0.1) is 5.69 Å². The lowest BCUT2D eigenvalue weighted by atomic mass is 10.2. The molecule has 1 aliphatic rings. The summed E-state index contributed by atoms with van der Waals surface area (Å²) in [6.07, 6.45) is 1.19. The Balaban J connectivity index is 1.53. The first-order valence-corrected chi connectivity index (χ1v) is 9.22. The molecule has 1 fully saturated rings. The molecule has 2 aromatic heterocycles. The van der Waals surface area contributed by atoms with Crippen LogP contribution in [0.3, 0.4) is 0 Å². The quantitative estimate of drug-likeness (QED) is 0.755. The molecule has 0 unspecified atom stereocenters. The number of H-pyrrole nitrogens is 1. The third kappa shape index (κ3) is 3.54. The molecule has 1 saturated heterocycles. The molecule has 3 heterocycles. The summed E-state index contributed by atoms with van der Waals surface area (Å²) in [5.74, 6) is 1.08. The summed E-state index contributed by atoms with van der Waals surface area (Å²) in [6.45, 7) is 8.25. The summed E-state index contributed by atoms with van der Waals surface area (Å²) >= 11 is 0. The summed E-state index contributed by atoms with van der Waals surface area (Å²) in [5.41, 5.74) is 1.60. The zero-order valence-corrected chi connectivity index (χ0v) is 15.1. The Kier molecular flexibility index (Phi) is 4.81. The van der Waals surface area contributed by atoms with Crippen LogP contribution in [0.5, 0.6) is 0 Å². The van der Waals surface area contributed by atoms with E-state index in [0.29, 0.717) is 18.1 Å². The molecule has 7 nitrogen and oxygen atoms in total. The summed E-state index contributed by atoms with van der Waals surface area (Å²) in [5, 5.41) is 3.04. The SMILES string of the molecule is CCCN1CCN(Cc2cc(=O)n3[nH]c(-c4ccccc4)nc3n2)CC1. The van der Waals surface area contributed by atoms with Gasteiger partial charge in [0.2, 0.25) is 0 Å². The number of piperazine rings is 1. The van der Waals surface area contributed by atoms with Crippen molar-refractivity contribution in [1.82, 2.24) is 29.4 Å². The number of benzene rings is 1. The topological polar surface area (TPSA) is 69.5 Å². The fourth-order valence-electron chi connectivity index (χ4n) is 3.45. The second kappa shape index (κ2) is 7.39. The number of rotatable bonds is 5. The smallest absolute Gasteiger partial charge is 0.274 e. The van der Waals surface area contributed by atoms with E-state index in [2.05, 4.69) is 31.8 Å². The van der Waals surface area contributed by atoms with Crippen LogP contribution in [0.4, 0.5) is 0 Å². The maximum Gasteiger partial charge on any atom is 0.274 e. The first-order valence-electron chi connectivity index (χ1n) is 9.22. The van der Waals surface area contributed by atoms with Gasteiger partial charge in [-0.1, -0.05) is 37.3 Å². The molecule has 3 aromatic rings. The first kappa shape index (κ1) is 16.9. The molecular weight excluding hydrogens is 328 g/mol. The lowest BCUT2D eigenvalue weighted by Crippen LogP contribution is -2.46. The van der Waals surface area contributed by atoms with E-state index in [1.807, 2.05) is 30.3 Å². The van der Waals surface area contributed by atoms with Crippen LogP contribution in [-0.4, -0.2) is 62.1 Å². The number of hydrogen-bond acceptors (Lipinski definition) is 5. The van der Waals surface area contributed by atoms with E-state index < -0.39 is 0 Å². The number of aromatic amines is 1. The van der Waals surface area contributed by atoms with E-state index >= 15 is 0 Å². The van der Waals surface area contributed by atoms with E-state index in [4.69, 9.17) is 0 Å². The first-order chi connectivity index (χ1) is 12.7. The Morgan fingerprint density at radius 1 is 1.04 bits per heavy atom. The Morgan fingerprint density at radius 2 is 1.77 bits per heavy atom. The van der Waals surface area contributed by atoms with Crippen molar-refractivity contribution in [2.75, 3.05) is 32.7 Å². The zero-order chi connectivity index (χ0) is 17.9. The third-order valence-electron chi connectivity index (χ3n) is 4.82. The van der Waals surface area contributed by atoms with Crippen molar-refractivity contribution in [1.29, 1.82) is 0 Å². The highest BCUT2D eigenvalue weighted by atomic mass is 16.1.